The Hall–Kier alpha value is -2.00. The number of ether oxygens (including phenoxy) is 7. The normalized spacial score (nSPS) is 44.0. The van der Waals surface area contributed by atoms with Gasteiger partial charge in [0.25, 0.3) is 0 Å². The van der Waals surface area contributed by atoms with Gasteiger partial charge < -0.3 is 53.6 Å². The molecule has 0 bridgehead atoms. The van der Waals surface area contributed by atoms with Crippen LogP contribution in [0.1, 0.15) is 23.7 Å². The van der Waals surface area contributed by atoms with Crippen LogP contribution in [0.15, 0.2) is 60.7 Å². The SMILES string of the molecule is OC1C(O)[C@@H]2OC(c3ccccc3)OCC2O[C@H]1O[C@H]1OC2COC(c3ccccc3)O[C@@H]2C(O)C1O. The second kappa shape index (κ2) is 10.6. The minimum atomic E-state index is -1.51. The Balaban J connectivity index is 1.09. The van der Waals surface area contributed by atoms with E-state index in [0.29, 0.717) is 0 Å². The van der Waals surface area contributed by atoms with Gasteiger partial charge in [-0.2, -0.15) is 0 Å². The van der Waals surface area contributed by atoms with Crippen LogP contribution in [0.3, 0.4) is 0 Å². The zero-order valence-electron chi connectivity index (χ0n) is 19.8. The summed E-state index contributed by atoms with van der Waals surface area (Å²) in [6, 6.07) is 18.5. The first-order valence-electron chi connectivity index (χ1n) is 12.3. The van der Waals surface area contributed by atoms with Crippen LogP contribution < -0.4 is 0 Å². The van der Waals surface area contributed by atoms with E-state index in [1.165, 1.54) is 0 Å². The van der Waals surface area contributed by atoms with Crippen molar-refractivity contribution in [3.63, 3.8) is 0 Å². The van der Waals surface area contributed by atoms with E-state index in [2.05, 4.69) is 0 Å². The fourth-order valence-corrected chi connectivity index (χ4v) is 5.07. The second-order valence-electron chi connectivity index (χ2n) is 9.54. The number of benzene rings is 2. The molecule has 0 aromatic heterocycles. The van der Waals surface area contributed by atoms with Crippen molar-refractivity contribution in [1.82, 2.24) is 0 Å². The average molecular weight is 519 g/mol. The van der Waals surface area contributed by atoms with Crippen molar-refractivity contribution in [2.45, 2.75) is 74.0 Å². The van der Waals surface area contributed by atoms with E-state index < -0.39 is 74.0 Å². The Morgan fingerprint density at radius 3 is 1.35 bits per heavy atom. The van der Waals surface area contributed by atoms with Crippen molar-refractivity contribution in [3.8, 4) is 0 Å². The predicted molar refractivity (Wildman–Crippen MR) is 122 cm³/mol. The largest absolute Gasteiger partial charge is 0.387 e. The van der Waals surface area contributed by atoms with E-state index in [-0.39, 0.29) is 13.2 Å². The molecule has 2 aromatic carbocycles. The van der Waals surface area contributed by atoms with Gasteiger partial charge in [0, 0.05) is 11.1 Å². The summed E-state index contributed by atoms with van der Waals surface area (Å²) in [6.45, 7) is 0.162. The summed E-state index contributed by atoms with van der Waals surface area (Å²) < 4.78 is 40.7. The predicted octanol–water partition coefficient (Wildman–Crippen LogP) is 0.125. The molecule has 0 saturated carbocycles. The van der Waals surface area contributed by atoms with E-state index in [9.17, 15) is 20.4 Å². The van der Waals surface area contributed by atoms with Crippen molar-refractivity contribution < 1.29 is 53.6 Å². The Morgan fingerprint density at radius 1 is 0.541 bits per heavy atom. The van der Waals surface area contributed by atoms with Crippen LogP contribution in [0, 0.1) is 0 Å². The van der Waals surface area contributed by atoms with E-state index in [1.807, 2.05) is 60.7 Å². The smallest absolute Gasteiger partial charge is 0.189 e. The molecule has 11 heteroatoms. The van der Waals surface area contributed by atoms with Crippen molar-refractivity contribution >= 4 is 0 Å². The molecule has 4 aliphatic heterocycles. The standard InChI is InChI=1S/C26H30O11/c27-17-19(29)25(33-15-11-31-23(35-21(15)17)13-7-3-1-4-8-13)37-26-20(30)18(28)22-16(34-26)12-32-24(36-22)14-9-5-2-6-10-14/h1-10,15-30H,11-12H2/t15?,16?,17?,18?,19?,20?,21-,22+,23?,24?,25+,26-. The lowest BCUT2D eigenvalue weighted by Crippen LogP contribution is -2.66. The molecular formula is C26H30O11. The average Bonchev–Trinajstić information content (AvgIpc) is 2.95. The van der Waals surface area contributed by atoms with Crippen LogP contribution in [-0.2, 0) is 33.2 Å². The highest BCUT2D eigenvalue weighted by Gasteiger charge is 2.53. The quantitative estimate of drug-likeness (QED) is 0.438. The van der Waals surface area contributed by atoms with E-state index in [0.717, 1.165) is 11.1 Å². The Morgan fingerprint density at radius 2 is 0.946 bits per heavy atom. The lowest BCUT2D eigenvalue weighted by molar-refractivity contribution is -0.412. The first-order chi connectivity index (χ1) is 18.0. The fraction of sp³-hybridized carbons (Fsp3) is 0.538. The van der Waals surface area contributed by atoms with Crippen LogP contribution in [0.4, 0.5) is 0 Å². The highest BCUT2D eigenvalue weighted by atomic mass is 16.8. The van der Waals surface area contributed by atoms with Crippen LogP contribution in [0.5, 0.6) is 0 Å². The molecule has 0 amide bonds. The summed E-state index contributed by atoms with van der Waals surface area (Å²) in [5.74, 6) is 0. The molecule has 200 valence electrons. The summed E-state index contributed by atoms with van der Waals surface area (Å²) in [5, 5.41) is 43.1. The summed E-state index contributed by atoms with van der Waals surface area (Å²) in [4.78, 5) is 0. The van der Waals surface area contributed by atoms with Gasteiger partial charge in [0.15, 0.2) is 25.2 Å². The van der Waals surface area contributed by atoms with Crippen LogP contribution >= 0.6 is 0 Å². The van der Waals surface area contributed by atoms with E-state index >= 15 is 0 Å². The number of hydrogen-bond donors (Lipinski definition) is 4. The van der Waals surface area contributed by atoms with Crippen LogP contribution in [0.2, 0.25) is 0 Å². The third-order valence-electron chi connectivity index (χ3n) is 7.08. The van der Waals surface area contributed by atoms with Crippen molar-refractivity contribution in [1.29, 1.82) is 0 Å². The number of aliphatic hydroxyl groups is 4. The molecule has 4 saturated heterocycles. The Bertz CT molecular complexity index is 940. The molecule has 8 unspecified atom stereocenters. The molecule has 0 spiro atoms. The van der Waals surface area contributed by atoms with Gasteiger partial charge in [-0.05, 0) is 0 Å². The Labute approximate surface area is 213 Å². The molecule has 4 heterocycles. The molecule has 4 N–H and O–H groups in total. The third kappa shape index (κ3) is 4.93. The molecular weight excluding hydrogens is 488 g/mol. The number of rotatable bonds is 4. The molecule has 2 aromatic rings. The lowest BCUT2D eigenvalue weighted by atomic mass is 9.96. The lowest BCUT2D eigenvalue weighted by Gasteiger charge is -2.49. The maximum absolute atomic E-state index is 10.8. The van der Waals surface area contributed by atoms with Gasteiger partial charge in [-0.3, -0.25) is 0 Å². The van der Waals surface area contributed by atoms with Crippen molar-refractivity contribution in [2.75, 3.05) is 13.2 Å². The summed E-state index contributed by atoms with van der Waals surface area (Å²) >= 11 is 0. The summed E-state index contributed by atoms with van der Waals surface area (Å²) in [5.41, 5.74) is 1.55. The molecule has 37 heavy (non-hydrogen) atoms. The minimum Gasteiger partial charge on any atom is -0.387 e. The second-order valence-corrected chi connectivity index (χ2v) is 9.54. The van der Waals surface area contributed by atoms with E-state index in [4.69, 9.17) is 33.2 Å². The van der Waals surface area contributed by atoms with Crippen molar-refractivity contribution in [2.24, 2.45) is 0 Å². The molecule has 4 aliphatic rings. The molecule has 0 aliphatic carbocycles. The van der Waals surface area contributed by atoms with Gasteiger partial charge >= 0.3 is 0 Å². The maximum atomic E-state index is 10.8. The molecule has 4 fully saturated rings. The first-order valence-corrected chi connectivity index (χ1v) is 12.3. The first kappa shape index (κ1) is 25.3. The minimum absolute atomic E-state index is 0.0812. The van der Waals surface area contributed by atoms with E-state index in [1.54, 1.807) is 0 Å². The molecule has 6 rings (SSSR count). The zero-order chi connectivity index (χ0) is 25.5. The number of fused-ring (bicyclic) bond motifs is 2. The van der Waals surface area contributed by atoms with Crippen LogP contribution in [0.25, 0.3) is 0 Å². The Kier molecular flexibility index (Phi) is 7.27. The van der Waals surface area contributed by atoms with Gasteiger partial charge in [0.05, 0.1) is 13.2 Å². The topological polar surface area (TPSA) is 146 Å². The third-order valence-corrected chi connectivity index (χ3v) is 7.08. The maximum Gasteiger partial charge on any atom is 0.189 e. The molecule has 0 radical (unpaired) electrons. The number of hydrogen-bond acceptors (Lipinski definition) is 11. The van der Waals surface area contributed by atoms with Gasteiger partial charge in [0.2, 0.25) is 0 Å². The summed E-state index contributed by atoms with van der Waals surface area (Å²) in [6.07, 6.45) is -13.1. The number of aliphatic hydroxyl groups excluding tert-OH is 4. The van der Waals surface area contributed by atoms with Gasteiger partial charge in [-0.25, -0.2) is 0 Å². The monoisotopic (exact) mass is 518 g/mol. The zero-order valence-corrected chi connectivity index (χ0v) is 19.8. The van der Waals surface area contributed by atoms with Crippen LogP contribution in [-0.4, -0.2) is 95.1 Å². The highest BCUT2D eigenvalue weighted by Crippen LogP contribution is 2.37. The van der Waals surface area contributed by atoms with Crippen molar-refractivity contribution in [3.05, 3.63) is 71.8 Å². The fourth-order valence-electron chi connectivity index (χ4n) is 5.07. The molecule has 11 nitrogen and oxygen atoms in total. The van der Waals surface area contributed by atoms with Gasteiger partial charge in [-0.1, -0.05) is 60.7 Å². The molecule has 12 atom stereocenters. The van der Waals surface area contributed by atoms with Gasteiger partial charge in [0.1, 0.15) is 48.8 Å². The summed E-state index contributed by atoms with van der Waals surface area (Å²) in [7, 11) is 0. The highest BCUT2D eigenvalue weighted by molar-refractivity contribution is 5.17. The van der Waals surface area contributed by atoms with Gasteiger partial charge in [-0.15, -0.1) is 0 Å².